The first-order valence-electron chi connectivity index (χ1n) is 4.82. The van der Waals surface area contributed by atoms with Gasteiger partial charge in [-0.2, -0.15) is 0 Å². The fourth-order valence-electron chi connectivity index (χ4n) is 1.43. The van der Waals surface area contributed by atoms with Gasteiger partial charge in [-0.1, -0.05) is 37.6 Å². The number of rotatable bonds is 2. The molecule has 0 aliphatic carbocycles. The van der Waals surface area contributed by atoms with E-state index in [0.717, 1.165) is 6.07 Å². The van der Waals surface area contributed by atoms with Crippen molar-refractivity contribution in [2.75, 3.05) is 0 Å². The molecule has 2 rings (SSSR count). The zero-order valence-electron chi connectivity index (χ0n) is 8.86. The molecular formula is C11H8F5NS. The first-order valence-corrected chi connectivity index (χ1v) is 6.77. The predicted octanol–water partition coefficient (Wildman–Crippen LogP) is 5.41. The summed E-state index contributed by atoms with van der Waals surface area (Å²) in [4.78, 5) is 1.91. The van der Waals surface area contributed by atoms with Gasteiger partial charge in [0.2, 0.25) is 0 Å². The van der Waals surface area contributed by atoms with Crippen LogP contribution in [0.5, 0.6) is 0 Å². The topological polar surface area (TPSA) is 12.9 Å². The fourth-order valence-corrected chi connectivity index (χ4v) is 2.11. The molecule has 0 amide bonds. The van der Waals surface area contributed by atoms with E-state index < -0.39 is 15.1 Å². The Balaban J connectivity index is 2.58. The van der Waals surface area contributed by atoms with Gasteiger partial charge in [-0.15, -0.1) is 0 Å². The van der Waals surface area contributed by atoms with Crippen LogP contribution in [0.4, 0.5) is 19.4 Å². The van der Waals surface area contributed by atoms with Gasteiger partial charge in [0.15, 0.2) is 0 Å². The highest BCUT2D eigenvalue weighted by Gasteiger charge is 2.65. The first-order chi connectivity index (χ1) is 8.06. The molecule has 0 radical (unpaired) electrons. The van der Waals surface area contributed by atoms with Crippen molar-refractivity contribution in [1.82, 2.24) is 4.98 Å². The normalized spacial score (nSPS) is 15.8. The van der Waals surface area contributed by atoms with Crippen molar-refractivity contribution >= 4 is 10.2 Å². The van der Waals surface area contributed by atoms with E-state index in [1.165, 1.54) is 18.3 Å². The summed E-state index contributed by atoms with van der Waals surface area (Å²) in [6.45, 7) is 0. The lowest BCUT2D eigenvalue weighted by Crippen LogP contribution is -2.05. The second-order valence-corrected chi connectivity index (χ2v) is 6.12. The van der Waals surface area contributed by atoms with Gasteiger partial charge in [0.05, 0.1) is 5.69 Å². The monoisotopic (exact) mass is 281 g/mol. The van der Waals surface area contributed by atoms with E-state index in [2.05, 4.69) is 4.98 Å². The zero-order chi connectivity index (χ0) is 13.5. The van der Waals surface area contributed by atoms with E-state index in [4.69, 9.17) is 0 Å². The summed E-state index contributed by atoms with van der Waals surface area (Å²) in [6.07, 6.45) is 1.38. The van der Waals surface area contributed by atoms with Crippen molar-refractivity contribution in [2.45, 2.75) is 4.90 Å². The molecule has 18 heavy (non-hydrogen) atoms. The molecule has 1 heterocycles. The number of hydrogen-bond acceptors (Lipinski definition) is 1. The molecule has 1 aromatic carbocycles. The Morgan fingerprint density at radius 2 is 1.56 bits per heavy atom. The molecule has 0 unspecified atom stereocenters. The van der Waals surface area contributed by atoms with Crippen molar-refractivity contribution in [2.24, 2.45) is 0 Å². The SMILES string of the molecule is FS(F)(F)(F)(F)c1cccc(-c2ccccn2)c1. The van der Waals surface area contributed by atoms with Crippen molar-refractivity contribution in [3.63, 3.8) is 0 Å². The van der Waals surface area contributed by atoms with Crippen LogP contribution >= 0.6 is 10.2 Å². The summed E-state index contributed by atoms with van der Waals surface area (Å²) in [5, 5.41) is 0. The van der Waals surface area contributed by atoms with E-state index in [0.29, 0.717) is 12.1 Å². The summed E-state index contributed by atoms with van der Waals surface area (Å²) in [7, 11) is -9.63. The van der Waals surface area contributed by atoms with Crippen LogP contribution in [0.25, 0.3) is 11.3 Å². The molecule has 1 nitrogen and oxygen atoms in total. The van der Waals surface area contributed by atoms with Crippen LogP contribution in [0.1, 0.15) is 0 Å². The molecule has 0 N–H and O–H groups in total. The third kappa shape index (κ3) is 2.79. The smallest absolute Gasteiger partial charge is 0.256 e. The number of halogens is 5. The minimum absolute atomic E-state index is 0.00125. The number of pyridine rings is 1. The molecule has 2 aromatic rings. The molecule has 0 atom stereocenters. The molecule has 0 saturated carbocycles. The molecule has 1 aromatic heterocycles. The third-order valence-corrected chi connectivity index (χ3v) is 3.38. The van der Waals surface area contributed by atoms with E-state index >= 15 is 0 Å². The van der Waals surface area contributed by atoms with E-state index in [9.17, 15) is 19.4 Å². The molecule has 98 valence electrons. The van der Waals surface area contributed by atoms with Crippen LogP contribution < -0.4 is 0 Å². The van der Waals surface area contributed by atoms with Crippen LogP contribution in [-0.4, -0.2) is 4.98 Å². The number of nitrogens with zero attached hydrogens (tertiary/aromatic N) is 1. The Morgan fingerprint density at radius 3 is 2.11 bits per heavy atom. The highest BCUT2D eigenvalue weighted by atomic mass is 32.5. The quantitative estimate of drug-likeness (QED) is 0.671. The molecular weight excluding hydrogens is 273 g/mol. The Labute approximate surface area is 100 Å². The lowest BCUT2D eigenvalue weighted by atomic mass is 10.1. The van der Waals surface area contributed by atoms with Crippen LogP contribution in [0.2, 0.25) is 0 Å². The maximum Gasteiger partial charge on any atom is 0.310 e. The second kappa shape index (κ2) is 3.23. The Bertz CT molecular complexity index is 579. The molecule has 0 saturated heterocycles. The standard InChI is InChI=1S/C11H8F5NS/c12-18(13,14,15,16)10-5-3-4-9(8-10)11-6-1-2-7-17-11/h1-8H. The van der Waals surface area contributed by atoms with Crippen LogP contribution in [0, 0.1) is 0 Å². The molecule has 0 aliphatic heterocycles. The van der Waals surface area contributed by atoms with Gasteiger partial charge in [-0.3, -0.25) is 4.98 Å². The minimum atomic E-state index is -9.63. The van der Waals surface area contributed by atoms with Crippen LogP contribution in [0.15, 0.2) is 53.6 Å². The van der Waals surface area contributed by atoms with E-state index in [-0.39, 0.29) is 11.3 Å². The van der Waals surface area contributed by atoms with Crippen LogP contribution in [-0.2, 0) is 0 Å². The number of aromatic nitrogens is 1. The summed E-state index contributed by atoms with van der Waals surface area (Å²) in [6, 6.07) is 7.63. The second-order valence-electron chi connectivity index (χ2n) is 3.71. The van der Waals surface area contributed by atoms with Crippen LogP contribution in [0.3, 0.4) is 0 Å². The van der Waals surface area contributed by atoms with Gasteiger partial charge in [-0.05, 0) is 24.3 Å². The Kier molecular flexibility index (Phi) is 2.30. The summed E-state index contributed by atoms with van der Waals surface area (Å²) >= 11 is 0. The molecule has 0 spiro atoms. The molecule has 7 heteroatoms. The summed E-state index contributed by atoms with van der Waals surface area (Å²) in [5.74, 6) is 0. The van der Waals surface area contributed by atoms with Crippen molar-refractivity contribution in [1.29, 1.82) is 0 Å². The molecule has 0 fully saturated rings. The number of benzene rings is 1. The molecule has 0 bridgehead atoms. The molecule has 0 aliphatic rings. The maximum absolute atomic E-state index is 12.6. The highest BCUT2D eigenvalue weighted by molar-refractivity contribution is 8.45. The minimum Gasteiger partial charge on any atom is -0.256 e. The largest absolute Gasteiger partial charge is 0.310 e. The van der Waals surface area contributed by atoms with Gasteiger partial charge in [0.1, 0.15) is 4.90 Å². The Morgan fingerprint density at radius 1 is 0.833 bits per heavy atom. The Hall–Kier alpha value is -1.63. The fraction of sp³-hybridized carbons (Fsp3) is 0. The predicted molar refractivity (Wildman–Crippen MR) is 61.1 cm³/mol. The summed E-state index contributed by atoms with van der Waals surface area (Å²) in [5.41, 5.74) is 0.211. The van der Waals surface area contributed by atoms with E-state index in [1.54, 1.807) is 12.1 Å². The summed E-state index contributed by atoms with van der Waals surface area (Å²) < 4.78 is 63.1. The van der Waals surface area contributed by atoms with Gasteiger partial charge in [-0.25, -0.2) is 0 Å². The van der Waals surface area contributed by atoms with Gasteiger partial charge < -0.3 is 0 Å². The zero-order valence-corrected chi connectivity index (χ0v) is 9.68. The third-order valence-electron chi connectivity index (χ3n) is 2.24. The average Bonchev–Trinajstić information content (AvgIpc) is 2.28. The van der Waals surface area contributed by atoms with Gasteiger partial charge in [0.25, 0.3) is 0 Å². The lowest BCUT2D eigenvalue weighted by molar-refractivity contribution is 0.364. The van der Waals surface area contributed by atoms with Crippen molar-refractivity contribution in [3.8, 4) is 11.3 Å². The highest BCUT2D eigenvalue weighted by Crippen LogP contribution is 3.02. The van der Waals surface area contributed by atoms with Crippen molar-refractivity contribution < 1.29 is 19.4 Å². The lowest BCUT2D eigenvalue weighted by Gasteiger charge is -2.40. The van der Waals surface area contributed by atoms with Gasteiger partial charge in [0, 0.05) is 11.8 Å². The average molecular weight is 281 g/mol. The number of hydrogen-bond donors (Lipinski definition) is 0. The van der Waals surface area contributed by atoms with Crippen molar-refractivity contribution in [3.05, 3.63) is 48.7 Å². The van der Waals surface area contributed by atoms with E-state index in [1.807, 2.05) is 0 Å². The van der Waals surface area contributed by atoms with Gasteiger partial charge >= 0.3 is 10.2 Å². The maximum atomic E-state index is 12.6. The first kappa shape index (κ1) is 12.8.